The molecule has 1 aromatic rings. The molecule has 1 rings (SSSR count). The van der Waals surface area contributed by atoms with Gasteiger partial charge >= 0.3 is 0 Å². The molecule has 0 saturated heterocycles. The van der Waals surface area contributed by atoms with Crippen molar-refractivity contribution in [2.45, 2.75) is 181 Å². The van der Waals surface area contributed by atoms with E-state index in [1.165, 1.54) is 167 Å². The van der Waals surface area contributed by atoms with Crippen LogP contribution in [0, 0.1) is 0 Å². The highest BCUT2D eigenvalue weighted by molar-refractivity contribution is 4.97. The Morgan fingerprint density at radius 3 is 1.26 bits per heavy atom. The molecular formula is C33H62N+. The first kappa shape index (κ1) is 31.2. The van der Waals surface area contributed by atoms with Crippen molar-refractivity contribution in [3.05, 3.63) is 30.1 Å². The summed E-state index contributed by atoms with van der Waals surface area (Å²) in [6.07, 6.45) is 38.0. The predicted octanol–water partition coefficient (Wildman–Crippen LogP) is 10.9. The Morgan fingerprint density at radius 2 is 0.824 bits per heavy atom. The van der Waals surface area contributed by atoms with Gasteiger partial charge in [-0.15, -0.1) is 0 Å². The normalized spacial score (nSPS) is 11.4. The third-order valence-electron chi connectivity index (χ3n) is 7.57. The third-order valence-corrected chi connectivity index (χ3v) is 7.57. The molecule has 1 heterocycles. The molecule has 0 fully saturated rings. The largest absolute Gasteiger partial charge is 0.202 e. The summed E-state index contributed by atoms with van der Waals surface area (Å²) in [5.41, 5.74) is 1.55. The number of aryl methyl sites for hydroxylation is 2. The van der Waals surface area contributed by atoms with Crippen LogP contribution in [0.4, 0.5) is 0 Å². The monoisotopic (exact) mass is 472 g/mol. The Morgan fingerprint density at radius 1 is 0.441 bits per heavy atom. The lowest BCUT2D eigenvalue weighted by atomic mass is 10.0. The predicted molar refractivity (Wildman–Crippen MR) is 152 cm³/mol. The number of nitrogens with zero attached hydrogens (tertiary/aromatic N) is 1. The Bertz CT molecular complexity index is 523. The van der Waals surface area contributed by atoms with Crippen molar-refractivity contribution in [1.82, 2.24) is 0 Å². The molecule has 34 heavy (non-hydrogen) atoms. The molecule has 0 bridgehead atoms. The smallest absolute Gasteiger partial charge is 0.181 e. The molecule has 0 amide bonds. The Labute approximate surface area is 215 Å². The van der Waals surface area contributed by atoms with Gasteiger partial charge in [0.2, 0.25) is 0 Å². The number of pyridine rings is 1. The van der Waals surface area contributed by atoms with Gasteiger partial charge in [0.1, 0.15) is 6.54 Å². The van der Waals surface area contributed by atoms with Gasteiger partial charge in [-0.3, -0.25) is 0 Å². The molecule has 198 valence electrons. The molecule has 1 nitrogen and oxygen atoms in total. The van der Waals surface area contributed by atoms with E-state index in [0.29, 0.717) is 0 Å². The summed E-state index contributed by atoms with van der Waals surface area (Å²) in [7, 11) is 0. The van der Waals surface area contributed by atoms with Crippen LogP contribution >= 0.6 is 0 Å². The summed E-state index contributed by atoms with van der Waals surface area (Å²) >= 11 is 0. The molecule has 0 N–H and O–H groups in total. The first-order valence-electron chi connectivity index (χ1n) is 15.9. The number of hydrogen-bond acceptors (Lipinski definition) is 0. The van der Waals surface area contributed by atoms with Crippen LogP contribution < -0.4 is 4.57 Å². The minimum atomic E-state index is 1.21. The molecule has 0 atom stereocenters. The summed E-state index contributed by atoms with van der Waals surface area (Å²) in [5, 5.41) is 0. The van der Waals surface area contributed by atoms with Gasteiger partial charge in [0.05, 0.1) is 0 Å². The van der Waals surface area contributed by atoms with Gasteiger partial charge in [-0.2, -0.15) is 0 Å². The number of aromatic nitrogens is 1. The SMILES string of the molecule is CCCCCCCCCCCCCCCC[n+]1ccccc1CCCCCCCCCCCC. The Kier molecular flexibility index (Phi) is 23.2. The molecule has 0 aromatic carbocycles. The lowest BCUT2D eigenvalue weighted by Gasteiger charge is -2.05. The van der Waals surface area contributed by atoms with Crippen molar-refractivity contribution in [1.29, 1.82) is 0 Å². The van der Waals surface area contributed by atoms with Gasteiger partial charge in [-0.25, -0.2) is 4.57 Å². The Hall–Kier alpha value is -0.850. The van der Waals surface area contributed by atoms with Crippen molar-refractivity contribution in [3.8, 4) is 0 Å². The first-order valence-corrected chi connectivity index (χ1v) is 15.9. The standard InChI is InChI=1S/C33H62N/c1-3-5-7-9-11-13-15-16-17-18-20-22-24-27-31-34-32-28-26-30-33(34)29-25-23-21-19-14-12-10-8-6-4-2/h26,28,30,32H,3-25,27,29,31H2,1-2H3/q+1. The van der Waals surface area contributed by atoms with Gasteiger partial charge in [-0.05, 0) is 12.8 Å². The Balaban J connectivity index is 1.95. The van der Waals surface area contributed by atoms with Crippen LogP contribution in [0.25, 0.3) is 0 Å². The van der Waals surface area contributed by atoms with E-state index in [0.717, 1.165) is 0 Å². The van der Waals surface area contributed by atoms with Gasteiger partial charge in [0, 0.05) is 25.0 Å². The number of rotatable bonds is 26. The van der Waals surface area contributed by atoms with E-state index in [4.69, 9.17) is 0 Å². The zero-order chi connectivity index (χ0) is 24.4. The topological polar surface area (TPSA) is 3.88 Å². The summed E-state index contributed by atoms with van der Waals surface area (Å²) in [4.78, 5) is 0. The van der Waals surface area contributed by atoms with E-state index in [1.807, 2.05) is 0 Å². The molecule has 1 heteroatoms. The second-order valence-electron chi connectivity index (χ2n) is 10.9. The molecule has 0 saturated carbocycles. The molecule has 1 aromatic heterocycles. The fourth-order valence-electron chi connectivity index (χ4n) is 5.23. The number of hydrogen-bond donors (Lipinski definition) is 0. The molecular weight excluding hydrogens is 410 g/mol. The highest BCUT2D eigenvalue weighted by Crippen LogP contribution is 2.14. The third kappa shape index (κ3) is 19.5. The average Bonchev–Trinajstić information content (AvgIpc) is 2.86. The van der Waals surface area contributed by atoms with E-state index in [-0.39, 0.29) is 0 Å². The van der Waals surface area contributed by atoms with E-state index in [2.05, 4.69) is 42.8 Å². The van der Waals surface area contributed by atoms with Crippen molar-refractivity contribution in [3.63, 3.8) is 0 Å². The maximum atomic E-state index is 2.54. The quantitative estimate of drug-likeness (QED) is 0.0932. The van der Waals surface area contributed by atoms with Gasteiger partial charge in [-0.1, -0.05) is 155 Å². The minimum absolute atomic E-state index is 1.21. The van der Waals surface area contributed by atoms with E-state index < -0.39 is 0 Å². The maximum Gasteiger partial charge on any atom is 0.181 e. The molecule has 0 radical (unpaired) electrons. The van der Waals surface area contributed by atoms with Crippen molar-refractivity contribution in [2.75, 3.05) is 0 Å². The van der Waals surface area contributed by atoms with Crippen LogP contribution in [-0.4, -0.2) is 0 Å². The zero-order valence-electron chi connectivity index (χ0n) is 23.6. The van der Waals surface area contributed by atoms with Crippen LogP contribution in [-0.2, 0) is 13.0 Å². The second-order valence-corrected chi connectivity index (χ2v) is 10.9. The van der Waals surface area contributed by atoms with Crippen molar-refractivity contribution in [2.24, 2.45) is 0 Å². The van der Waals surface area contributed by atoms with Crippen molar-refractivity contribution < 1.29 is 4.57 Å². The summed E-state index contributed by atoms with van der Waals surface area (Å²) in [5.74, 6) is 0. The lowest BCUT2D eigenvalue weighted by Crippen LogP contribution is -2.37. The van der Waals surface area contributed by atoms with Crippen LogP contribution in [0.15, 0.2) is 24.4 Å². The summed E-state index contributed by atoms with van der Waals surface area (Å²) in [6.45, 7) is 5.82. The summed E-state index contributed by atoms with van der Waals surface area (Å²) in [6, 6.07) is 6.80. The first-order chi connectivity index (χ1) is 16.9. The van der Waals surface area contributed by atoms with Gasteiger partial charge in [0.25, 0.3) is 0 Å². The van der Waals surface area contributed by atoms with Crippen molar-refractivity contribution >= 4 is 0 Å². The zero-order valence-corrected chi connectivity index (χ0v) is 23.6. The fraction of sp³-hybridized carbons (Fsp3) is 0.848. The van der Waals surface area contributed by atoms with Crippen LogP contribution in [0.2, 0.25) is 0 Å². The van der Waals surface area contributed by atoms with E-state index in [1.54, 1.807) is 5.69 Å². The highest BCUT2D eigenvalue weighted by Gasteiger charge is 2.08. The highest BCUT2D eigenvalue weighted by atomic mass is 14.9. The molecule has 0 spiro atoms. The van der Waals surface area contributed by atoms with Gasteiger partial charge in [0.15, 0.2) is 11.9 Å². The minimum Gasteiger partial charge on any atom is -0.202 e. The lowest BCUT2D eigenvalue weighted by molar-refractivity contribution is -0.704. The second kappa shape index (κ2) is 25.2. The van der Waals surface area contributed by atoms with Gasteiger partial charge < -0.3 is 0 Å². The fourth-order valence-corrected chi connectivity index (χ4v) is 5.23. The molecule has 0 unspecified atom stereocenters. The summed E-state index contributed by atoms with van der Waals surface area (Å²) < 4.78 is 2.54. The molecule has 0 aliphatic carbocycles. The molecule has 0 aliphatic heterocycles. The van der Waals surface area contributed by atoms with E-state index >= 15 is 0 Å². The van der Waals surface area contributed by atoms with E-state index in [9.17, 15) is 0 Å². The van der Waals surface area contributed by atoms with Crippen LogP contribution in [0.1, 0.15) is 174 Å². The average molecular weight is 473 g/mol. The van der Waals surface area contributed by atoms with Crippen LogP contribution in [0.3, 0.4) is 0 Å². The maximum absolute atomic E-state index is 2.54. The van der Waals surface area contributed by atoms with Crippen LogP contribution in [0.5, 0.6) is 0 Å². The number of unbranched alkanes of at least 4 members (excludes halogenated alkanes) is 22. The molecule has 0 aliphatic rings.